The van der Waals surface area contributed by atoms with Gasteiger partial charge in [0.05, 0.1) is 17.8 Å². The number of carbonyl (C=O) groups excluding carboxylic acids is 1. The second-order valence-corrected chi connectivity index (χ2v) is 7.38. The van der Waals surface area contributed by atoms with Crippen LogP contribution in [0, 0.1) is 6.92 Å². The molecule has 3 rings (SSSR count). The summed E-state index contributed by atoms with van der Waals surface area (Å²) in [4.78, 5) is 30.9. The maximum absolute atomic E-state index is 12.8. The maximum Gasteiger partial charge on any atom is 0.407 e. The number of anilines is 2. The fourth-order valence-electron chi connectivity index (χ4n) is 3.39. The quantitative estimate of drug-likeness (QED) is 0.866. The Kier molecular flexibility index (Phi) is 4.04. The van der Waals surface area contributed by atoms with Crippen molar-refractivity contribution >= 4 is 23.6 Å². The molecule has 3 heterocycles. The van der Waals surface area contributed by atoms with Crippen molar-refractivity contribution in [2.75, 3.05) is 49.6 Å². The van der Waals surface area contributed by atoms with E-state index in [4.69, 9.17) is 5.11 Å². The van der Waals surface area contributed by atoms with Gasteiger partial charge in [-0.05, 0) is 20.8 Å². The lowest BCUT2D eigenvalue weighted by atomic mass is 10.1. The number of aryl methyl sites for hydroxylation is 1. The number of carboxylic acid groups (broad SMARTS) is 1. The second-order valence-electron chi connectivity index (χ2n) is 7.38. The highest BCUT2D eigenvalue weighted by molar-refractivity contribution is 5.98. The number of urea groups is 1. The Hall–Kier alpha value is -2.45. The topological polar surface area (TPSA) is 85.2 Å². The zero-order chi connectivity index (χ0) is 18.5. The standard InChI is InChI=1S/C16H26N6O3/c1-11-12(22-10-16(2,3)18(4)14(22)23)13(17-19(11)5)20-6-8-21(9-7-20)15(24)25/h6-10H2,1-5H3,(H,24,25). The smallest absolute Gasteiger partial charge is 0.407 e. The highest BCUT2D eigenvalue weighted by Crippen LogP contribution is 2.37. The molecule has 25 heavy (non-hydrogen) atoms. The summed E-state index contributed by atoms with van der Waals surface area (Å²) >= 11 is 0. The fraction of sp³-hybridized carbons (Fsp3) is 0.688. The highest BCUT2D eigenvalue weighted by Gasteiger charge is 2.44. The first kappa shape index (κ1) is 17.4. The van der Waals surface area contributed by atoms with Gasteiger partial charge in [-0.1, -0.05) is 0 Å². The molecule has 0 saturated carbocycles. The van der Waals surface area contributed by atoms with Gasteiger partial charge in [-0.25, -0.2) is 9.59 Å². The monoisotopic (exact) mass is 350 g/mol. The van der Waals surface area contributed by atoms with E-state index >= 15 is 0 Å². The van der Waals surface area contributed by atoms with Crippen LogP contribution in [0.1, 0.15) is 19.5 Å². The largest absolute Gasteiger partial charge is 0.465 e. The molecule has 0 aromatic carbocycles. The third-order valence-electron chi connectivity index (χ3n) is 5.38. The Morgan fingerprint density at radius 1 is 1.16 bits per heavy atom. The van der Waals surface area contributed by atoms with Gasteiger partial charge in [0, 0.05) is 40.3 Å². The van der Waals surface area contributed by atoms with Gasteiger partial charge in [0.25, 0.3) is 0 Å². The van der Waals surface area contributed by atoms with Gasteiger partial charge in [0.15, 0.2) is 5.82 Å². The number of nitrogens with zero attached hydrogens (tertiary/aromatic N) is 6. The second kappa shape index (κ2) is 5.82. The molecule has 2 fully saturated rings. The van der Waals surface area contributed by atoms with Crippen molar-refractivity contribution < 1.29 is 14.7 Å². The zero-order valence-electron chi connectivity index (χ0n) is 15.5. The summed E-state index contributed by atoms with van der Waals surface area (Å²) in [6, 6.07) is -0.0356. The van der Waals surface area contributed by atoms with Crippen LogP contribution in [0.2, 0.25) is 0 Å². The molecule has 0 aliphatic carbocycles. The molecule has 0 radical (unpaired) electrons. The summed E-state index contributed by atoms with van der Waals surface area (Å²) in [6.07, 6.45) is -0.893. The van der Waals surface area contributed by atoms with E-state index in [1.165, 1.54) is 4.90 Å². The van der Waals surface area contributed by atoms with Crippen LogP contribution in [-0.4, -0.2) is 82.1 Å². The van der Waals surface area contributed by atoms with Gasteiger partial charge in [-0.3, -0.25) is 9.58 Å². The summed E-state index contributed by atoms with van der Waals surface area (Å²) in [5.41, 5.74) is 1.50. The van der Waals surface area contributed by atoms with E-state index < -0.39 is 6.09 Å². The molecule has 1 N–H and O–H groups in total. The lowest BCUT2D eigenvalue weighted by Crippen LogP contribution is -2.48. The van der Waals surface area contributed by atoms with Crippen LogP contribution in [-0.2, 0) is 7.05 Å². The predicted octanol–water partition coefficient (Wildman–Crippen LogP) is 1.18. The molecule has 3 amide bonds. The summed E-state index contributed by atoms with van der Waals surface area (Å²) in [6.45, 7) is 8.64. The Morgan fingerprint density at radius 3 is 2.24 bits per heavy atom. The van der Waals surface area contributed by atoms with Gasteiger partial charge < -0.3 is 19.8 Å². The van der Waals surface area contributed by atoms with Crippen LogP contribution in [0.4, 0.5) is 21.1 Å². The maximum atomic E-state index is 12.8. The normalized spacial score (nSPS) is 20.6. The summed E-state index contributed by atoms with van der Waals surface area (Å²) in [7, 11) is 3.69. The molecule has 9 nitrogen and oxygen atoms in total. The molecular weight excluding hydrogens is 324 g/mol. The minimum Gasteiger partial charge on any atom is -0.465 e. The molecule has 138 valence electrons. The summed E-state index contributed by atoms with van der Waals surface area (Å²) in [5, 5.41) is 13.7. The average molecular weight is 350 g/mol. The van der Waals surface area contributed by atoms with Gasteiger partial charge in [-0.2, -0.15) is 5.10 Å². The van der Waals surface area contributed by atoms with Gasteiger partial charge in [0.1, 0.15) is 5.69 Å². The number of rotatable bonds is 2. The molecule has 0 atom stereocenters. The van der Waals surface area contributed by atoms with E-state index in [-0.39, 0.29) is 11.6 Å². The first-order chi connectivity index (χ1) is 11.6. The van der Waals surface area contributed by atoms with Gasteiger partial charge >= 0.3 is 12.1 Å². The van der Waals surface area contributed by atoms with Crippen molar-refractivity contribution in [3.63, 3.8) is 0 Å². The average Bonchev–Trinajstić information content (AvgIpc) is 2.96. The van der Waals surface area contributed by atoms with Crippen molar-refractivity contribution in [2.45, 2.75) is 26.3 Å². The number of aromatic nitrogens is 2. The lowest BCUT2D eigenvalue weighted by molar-refractivity contribution is 0.142. The van der Waals surface area contributed by atoms with Crippen LogP contribution in [0.5, 0.6) is 0 Å². The van der Waals surface area contributed by atoms with E-state index in [0.717, 1.165) is 17.2 Å². The number of hydrogen-bond acceptors (Lipinski definition) is 4. The van der Waals surface area contributed by atoms with E-state index in [0.29, 0.717) is 32.7 Å². The lowest BCUT2D eigenvalue weighted by Gasteiger charge is -2.34. The molecule has 1 aromatic rings. The third-order valence-corrected chi connectivity index (χ3v) is 5.38. The number of piperazine rings is 1. The number of likely N-dealkylation sites (N-methyl/N-ethyl adjacent to an activating group) is 1. The number of amides is 3. The first-order valence-corrected chi connectivity index (χ1v) is 8.45. The van der Waals surface area contributed by atoms with Crippen molar-refractivity contribution in [3.8, 4) is 0 Å². The van der Waals surface area contributed by atoms with Gasteiger partial charge in [-0.15, -0.1) is 0 Å². The van der Waals surface area contributed by atoms with Gasteiger partial charge in [0.2, 0.25) is 0 Å². The van der Waals surface area contributed by atoms with Crippen molar-refractivity contribution in [1.29, 1.82) is 0 Å². The van der Waals surface area contributed by atoms with E-state index in [9.17, 15) is 9.59 Å². The zero-order valence-corrected chi connectivity index (χ0v) is 15.5. The third kappa shape index (κ3) is 2.77. The molecular formula is C16H26N6O3. The van der Waals surface area contributed by atoms with Crippen LogP contribution in [0.15, 0.2) is 0 Å². The molecule has 2 aliphatic rings. The minimum atomic E-state index is -0.893. The molecule has 2 saturated heterocycles. The van der Waals surface area contributed by atoms with E-state index in [1.54, 1.807) is 14.5 Å². The minimum absolute atomic E-state index is 0.0356. The molecule has 1 aromatic heterocycles. The molecule has 0 bridgehead atoms. The summed E-state index contributed by atoms with van der Waals surface area (Å²) in [5.74, 6) is 0.754. The molecule has 2 aliphatic heterocycles. The molecule has 0 spiro atoms. The molecule has 0 unspecified atom stereocenters. The van der Waals surface area contributed by atoms with E-state index in [2.05, 4.69) is 10.00 Å². The Labute approximate surface area is 147 Å². The summed E-state index contributed by atoms with van der Waals surface area (Å²) < 4.78 is 1.78. The number of hydrogen-bond donors (Lipinski definition) is 1. The van der Waals surface area contributed by atoms with Crippen molar-refractivity contribution in [1.82, 2.24) is 19.6 Å². The van der Waals surface area contributed by atoms with Crippen LogP contribution in [0.3, 0.4) is 0 Å². The van der Waals surface area contributed by atoms with Crippen molar-refractivity contribution in [2.24, 2.45) is 7.05 Å². The predicted molar refractivity (Wildman–Crippen MR) is 94.3 cm³/mol. The first-order valence-electron chi connectivity index (χ1n) is 8.45. The van der Waals surface area contributed by atoms with Crippen molar-refractivity contribution in [3.05, 3.63) is 5.69 Å². The number of carbonyl (C=O) groups is 2. The Morgan fingerprint density at radius 2 is 1.76 bits per heavy atom. The van der Waals surface area contributed by atoms with Crippen LogP contribution >= 0.6 is 0 Å². The Balaban J connectivity index is 1.92. The fourth-order valence-corrected chi connectivity index (χ4v) is 3.39. The SMILES string of the molecule is Cc1c(N2CC(C)(C)N(C)C2=O)c(N2CCN(C(=O)O)CC2)nn1C. The van der Waals surface area contributed by atoms with Crippen LogP contribution < -0.4 is 9.80 Å². The molecule has 9 heteroatoms. The highest BCUT2D eigenvalue weighted by atomic mass is 16.4. The van der Waals surface area contributed by atoms with Crippen LogP contribution in [0.25, 0.3) is 0 Å². The Bertz CT molecular complexity index is 705. The van der Waals surface area contributed by atoms with E-state index in [1.807, 2.05) is 34.9 Å².